The van der Waals surface area contributed by atoms with E-state index in [1.807, 2.05) is 6.20 Å². The molecule has 0 amide bonds. The fraction of sp³-hybridized carbons (Fsp3) is 0.480. The molecule has 3 saturated carbocycles. The lowest BCUT2D eigenvalue weighted by molar-refractivity contribution is -0.199. The van der Waals surface area contributed by atoms with Crippen LogP contribution in [-0.4, -0.2) is 47.6 Å². The van der Waals surface area contributed by atoms with Gasteiger partial charge in [-0.15, -0.1) is 22.4 Å². The standard InChI is InChI=1S/C25H30BN3O2.BH4IP2/c1-24(2)17-13-21(24)25(3)22(14-17)30-26(31-25)19-7-6-12-29-15-20(27-23(19)29)16-8-10-18(11-9-16)28(4)5;2-1(3)4/h6-12,15,17,21-22H,13-14H2,1-5H3;3-4H2/i;3D. The summed E-state index contributed by atoms with van der Waals surface area (Å²) in [6, 6.07) is 12.7. The van der Waals surface area contributed by atoms with E-state index in [0.29, 0.717) is 24.4 Å². The number of imidazole rings is 1. The number of hydrogen-bond donors (Lipinski definition) is 0. The van der Waals surface area contributed by atoms with Gasteiger partial charge in [0.25, 0.3) is 4.01 Å². The second kappa shape index (κ2) is 9.58. The van der Waals surface area contributed by atoms with Crippen LogP contribution in [0.15, 0.2) is 48.8 Å². The lowest BCUT2D eigenvalue weighted by atomic mass is 9.43. The van der Waals surface area contributed by atoms with E-state index < -0.39 is 0 Å². The highest BCUT2D eigenvalue weighted by Gasteiger charge is 2.68. The Morgan fingerprint density at radius 1 is 1.23 bits per heavy atom. The molecule has 6 unspecified atom stereocenters. The summed E-state index contributed by atoms with van der Waals surface area (Å²) in [4.78, 5) is 7.09. The molecule has 35 heavy (non-hydrogen) atoms. The van der Waals surface area contributed by atoms with Crippen molar-refractivity contribution in [3.63, 3.8) is 0 Å². The van der Waals surface area contributed by atoms with Crippen LogP contribution in [0, 0.1) is 17.3 Å². The van der Waals surface area contributed by atoms with E-state index >= 15 is 0 Å². The lowest BCUT2D eigenvalue weighted by Crippen LogP contribution is -2.65. The Hall–Kier alpha value is -0.650. The smallest absolute Gasteiger partial charge is 0.401 e. The van der Waals surface area contributed by atoms with Crippen molar-refractivity contribution < 1.29 is 9.31 Å². The molecule has 7 rings (SSSR count). The van der Waals surface area contributed by atoms with E-state index in [1.165, 1.54) is 12.1 Å². The maximum Gasteiger partial charge on any atom is 0.498 e. The Labute approximate surface area is 229 Å². The topological polar surface area (TPSA) is 39.0 Å². The van der Waals surface area contributed by atoms with Gasteiger partial charge >= 0.3 is 7.12 Å². The normalized spacial score (nSPS) is 28.8. The number of aromatic nitrogens is 2. The van der Waals surface area contributed by atoms with Crippen molar-refractivity contribution in [3.8, 4) is 11.3 Å². The van der Waals surface area contributed by atoms with Crippen molar-refractivity contribution in [1.29, 1.82) is 1.28 Å². The quantitative estimate of drug-likeness (QED) is 0.230. The van der Waals surface area contributed by atoms with Crippen LogP contribution in [0.4, 0.5) is 5.69 Å². The predicted octanol–water partition coefficient (Wildman–Crippen LogP) is 5.16. The first-order chi connectivity index (χ1) is 17.0. The SMILES string of the molecule is CN(C)c1ccc(-c2cn3cccc(B4OC5CC6CC(C6(C)C)C5(C)O4)c3n2)cc1.[2H]PB(P)I. The van der Waals surface area contributed by atoms with Crippen LogP contribution < -0.4 is 10.4 Å². The Morgan fingerprint density at radius 2 is 1.94 bits per heavy atom. The molecule has 2 bridgehead atoms. The third-order valence-electron chi connectivity index (χ3n) is 8.40. The zero-order valence-corrected chi connectivity index (χ0v) is 25.3. The highest BCUT2D eigenvalue weighted by Crippen LogP contribution is 2.65. The Kier molecular flexibility index (Phi) is 6.76. The molecule has 0 N–H and O–H groups in total. The molecule has 6 atom stereocenters. The molecule has 2 aromatic heterocycles. The number of pyridine rings is 1. The van der Waals surface area contributed by atoms with Crippen LogP contribution in [0.25, 0.3) is 16.9 Å². The summed E-state index contributed by atoms with van der Waals surface area (Å²) in [7, 11) is 6.60. The minimum atomic E-state index is -0.361. The Bertz CT molecular complexity index is 1250. The summed E-state index contributed by atoms with van der Waals surface area (Å²) < 4.78 is 22.5. The summed E-state index contributed by atoms with van der Waals surface area (Å²) in [5, 5.41) is 0. The molecule has 5 nitrogen and oxygen atoms in total. The number of benzene rings is 1. The van der Waals surface area contributed by atoms with Crippen LogP contribution in [0.3, 0.4) is 0 Å². The number of fused-ring (bicyclic) bond motifs is 1. The predicted molar refractivity (Wildman–Crippen MR) is 164 cm³/mol. The molecular formula is C25H34B2IN3O2P2. The van der Waals surface area contributed by atoms with Gasteiger partial charge in [-0.05, 0) is 55.2 Å². The number of rotatable bonds is 4. The van der Waals surface area contributed by atoms with E-state index in [1.54, 1.807) is 0 Å². The zero-order valence-electron chi connectivity index (χ0n) is 22.0. The van der Waals surface area contributed by atoms with Crippen LogP contribution in [0.2, 0.25) is 0 Å². The van der Waals surface area contributed by atoms with E-state index in [9.17, 15) is 0 Å². The number of hydrogen-bond acceptors (Lipinski definition) is 4. The molecule has 4 aliphatic rings. The molecule has 1 aromatic carbocycles. The molecule has 3 aliphatic carbocycles. The monoisotopic (exact) mass is 620 g/mol. The van der Waals surface area contributed by atoms with Crippen LogP contribution in [-0.2, 0) is 9.31 Å². The van der Waals surface area contributed by atoms with Crippen molar-refractivity contribution in [3.05, 3.63) is 48.8 Å². The van der Waals surface area contributed by atoms with Crippen molar-refractivity contribution in [2.75, 3.05) is 19.0 Å². The molecule has 1 aliphatic heterocycles. The van der Waals surface area contributed by atoms with E-state index in [-0.39, 0.29) is 18.8 Å². The Morgan fingerprint density at radius 3 is 2.57 bits per heavy atom. The van der Waals surface area contributed by atoms with Gasteiger partial charge in [0.05, 0.1) is 17.4 Å². The van der Waals surface area contributed by atoms with Gasteiger partial charge in [-0.1, -0.05) is 32.0 Å². The minimum Gasteiger partial charge on any atom is -0.401 e. The first-order valence-electron chi connectivity index (χ1n) is 12.7. The molecule has 4 fully saturated rings. The van der Waals surface area contributed by atoms with Crippen molar-refractivity contribution in [2.24, 2.45) is 17.3 Å². The van der Waals surface area contributed by atoms with Gasteiger partial charge in [-0.3, -0.25) is 0 Å². The molecule has 3 heterocycles. The third-order valence-corrected chi connectivity index (χ3v) is 8.40. The highest BCUT2D eigenvalue weighted by atomic mass is 127. The van der Waals surface area contributed by atoms with Gasteiger partial charge in [0, 0.05) is 44.5 Å². The summed E-state index contributed by atoms with van der Waals surface area (Å²) in [6.07, 6.45) is 6.66. The van der Waals surface area contributed by atoms with Crippen molar-refractivity contribution in [2.45, 2.75) is 45.3 Å². The van der Waals surface area contributed by atoms with Gasteiger partial charge in [-0.2, -0.15) is 18.2 Å². The first-order valence-corrected chi connectivity index (χ1v) is 14.7. The van der Waals surface area contributed by atoms with E-state index in [4.69, 9.17) is 15.6 Å². The molecule has 184 valence electrons. The zero-order chi connectivity index (χ0) is 25.8. The largest absolute Gasteiger partial charge is 0.498 e. The highest BCUT2D eigenvalue weighted by molar-refractivity contribution is 14.1. The second-order valence-corrected chi connectivity index (χ2v) is 16.8. The molecule has 10 heteroatoms. The third kappa shape index (κ3) is 4.61. The summed E-state index contributed by atoms with van der Waals surface area (Å²) in [6.45, 7) is 7.06. The fourth-order valence-corrected chi connectivity index (χ4v) is 6.29. The first kappa shape index (κ1) is 24.7. The van der Waals surface area contributed by atoms with Gasteiger partial charge in [0.2, 0.25) is 0 Å². The lowest BCUT2D eigenvalue weighted by Gasteiger charge is -2.64. The molecule has 0 spiro atoms. The average molecular weight is 620 g/mol. The van der Waals surface area contributed by atoms with Crippen molar-refractivity contribution in [1.82, 2.24) is 9.38 Å². The molecule has 3 aromatic rings. The molecule has 1 saturated heterocycles. The summed E-state index contributed by atoms with van der Waals surface area (Å²) >= 11 is 2.19. The van der Waals surface area contributed by atoms with Gasteiger partial charge in [0.1, 0.15) is 5.65 Å². The van der Waals surface area contributed by atoms with E-state index in [2.05, 4.69) is 118 Å². The van der Waals surface area contributed by atoms with Gasteiger partial charge in [-0.25, -0.2) is 4.98 Å². The van der Waals surface area contributed by atoms with Crippen LogP contribution in [0.1, 0.15) is 33.6 Å². The minimum absolute atomic E-state index is 0.169. The summed E-state index contributed by atoms with van der Waals surface area (Å²) in [5.41, 5.74) is 5.30. The summed E-state index contributed by atoms with van der Waals surface area (Å²) in [5.74, 6) is 1.30. The van der Waals surface area contributed by atoms with Crippen molar-refractivity contribution >= 4 is 68.5 Å². The maximum absolute atomic E-state index is 6.71. The number of halogens is 1. The van der Waals surface area contributed by atoms with Crippen LogP contribution >= 0.6 is 40.6 Å². The number of nitrogens with zero attached hydrogens (tertiary/aromatic N) is 3. The van der Waals surface area contributed by atoms with Crippen LogP contribution in [0.5, 0.6) is 0 Å². The van der Waals surface area contributed by atoms with Gasteiger partial charge < -0.3 is 18.6 Å². The van der Waals surface area contributed by atoms with Gasteiger partial charge in [0.15, 0.2) is 0 Å². The fourth-order valence-electron chi connectivity index (χ4n) is 6.29. The second-order valence-electron chi connectivity index (χ2n) is 11.0. The average Bonchev–Trinajstić information content (AvgIpc) is 3.44. The number of anilines is 1. The molecule has 0 radical (unpaired) electrons. The van der Waals surface area contributed by atoms with E-state index in [0.717, 1.165) is 34.7 Å². The maximum atomic E-state index is 6.71. The molecular weight excluding hydrogens is 585 g/mol. The Balaban J connectivity index is 0.000000489.